The average molecular weight is 289 g/mol. The van der Waals surface area contributed by atoms with Crippen LogP contribution in [0, 0.1) is 17.0 Å². The first-order valence-corrected chi connectivity index (χ1v) is 6.40. The standard InChI is InChI=1S/C14H15N3O4/c1-8(2)12-7-11(14(18)19)15-16(12)13-6-10(17(20)21)5-4-9(13)3/h4-8H,1-3H3,(H,18,19). The number of non-ortho nitro benzene ring substituents is 1. The van der Waals surface area contributed by atoms with E-state index in [0.29, 0.717) is 11.4 Å². The zero-order valence-corrected chi connectivity index (χ0v) is 11.9. The lowest BCUT2D eigenvalue weighted by Crippen LogP contribution is -2.07. The van der Waals surface area contributed by atoms with E-state index >= 15 is 0 Å². The van der Waals surface area contributed by atoms with E-state index in [2.05, 4.69) is 5.10 Å². The Kier molecular flexibility index (Phi) is 3.75. The molecule has 0 bridgehead atoms. The van der Waals surface area contributed by atoms with E-state index in [1.165, 1.54) is 22.9 Å². The second kappa shape index (κ2) is 5.35. The Hall–Kier alpha value is -2.70. The second-order valence-corrected chi connectivity index (χ2v) is 5.05. The number of rotatable bonds is 4. The van der Waals surface area contributed by atoms with Crippen molar-refractivity contribution in [3.8, 4) is 5.69 Å². The summed E-state index contributed by atoms with van der Waals surface area (Å²) in [5.41, 5.74) is 1.85. The molecule has 0 radical (unpaired) electrons. The topological polar surface area (TPSA) is 98.3 Å². The first-order chi connectivity index (χ1) is 9.81. The zero-order chi connectivity index (χ0) is 15.7. The number of aromatic carboxylic acids is 1. The minimum Gasteiger partial charge on any atom is -0.476 e. The molecule has 0 amide bonds. The molecule has 0 unspecified atom stereocenters. The summed E-state index contributed by atoms with van der Waals surface area (Å²) in [7, 11) is 0. The summed E-state index contributed by atoms with van der Waals surface area (Å²) in [6.07, 6.45) is 0. The highest BCUT2D eigenvalue weighted by Crippen LogP contribution is 2.25. The van der Waals surface area contributed by atoms with Crippen LogP contribution in [0.5, 0.6) is 0 Å². The second-order valence-electron chi connectivity index (χ2n) is 5.05. The van der Waals surface area contributed by atoms with Crippen LogP contribution in [0.25, 0.3) is 5.69 Å². The third-order valence-corrected chi connectivity index (χ3v) is 3.18. The smallest absolute Gasteiger partial charge is 0.356 e. The SMILES string of the molecule is Cc1ccc([N+](=O)[O-])cc1-n1nc(C(=O)O)cc1C(C)C. The molecule has 0 saturated heterocycles. The number of nitrogens with zero attached hydrogens (tertiary/aromatic N) is 3. The summed E-state index contributed by atoms with van der Waals surface area (Å²) in [4.78, 5) is 21.5. The van der Waals surface area contributed by atoms with Crippen LogP contribution < -0.4 is 0 Å². The maximum Gasteiger partial charge on any atom is 0.356 e. The van der Waals surface area contributed by atoms with Crippen molar-refractivity contribution in [2.24, 2.45) is 0 Å². The van der Waals surface area contributed by atoms with Gasteiger partial charge in [-0.2, -0.15) is 5.10 Å². The Bertz CT molecular complexity index is 719. The highest BCUT2D eigenvalue weighted by atomic mass is 16.6. The van der Waals surface area contributed by atoms with Crippen molar-refractivity contribution < 1.29 is 14.8 Å². The van der Waals surface area contributed by atoms with E-state index in [9.17, 15) is 14.9 Å². The molecule has 2 rings (SSSR count). The van der Waals surface area contributed by atoms with Crippen LogP contribution in [-0.4, -0.2) is 25.8 Å². The van der Waals surface area contributed by atoms with Gasteiger partial charge in [0.2, 0.25) is 0 Å². The Balaban J connectivity index is 2.68. The number of nitro benzene ring substituents is 1. The number of aryl methyl sites for hydroxylation is 1. The summed E-state index contributed by atoms with van der Waals surface area (Å²) in [5, 5.41) is 24.0. The van der Waals surface area contributed by atoms with Crippen molar-refractivity contribution in [3.63, 3.8) is 0 Å². The Labute approximate surface area is 121 Å². The molecule has 0 atom stereocenters. The van der Waals surface area contributed by atoms with Crippen molar-refractivity contribution in [1.29, 1.82) is 0 Å². The molecule has 0 aliphatic carbocycles. The Morgan fingerprint density at radius 1 is 1.38 bits per heavy atom. The third-order valence-electron chi connectivity index (χ3n) is 3.18. The van der Waals surface area contributed by atoms with Crippen LogP contribution in [0.15, 0.2) is 24.3 Å². The van der Waals surface area contributed by atoms with Crippen LogP contribution in [-0.2, 0) is 0 Å². The molecule has 0 aliphatic rings. The highest BCUT2D eigenvalue weighted by molar-refractivity contribution is 5.85. The van der Waals surface area contributed by atoms with E-state index in [1.807, 2.05) is 13.8 Å². The third kappa shape index (κ3) is 2.76. The number of benzene rings is 1. The van der Waals surface area contributed by atoms with Crippen molar-refractivity contribution in [2.45, 2.75) is 26.7 Å². The van der Waals surface area contributed by atoms with Gasteiger partial charge in [0.1, 0.15) is 0 Å². The number of hydrogen-bond donors (Lipinski definition) is 1. The Morgan fingerprint density at radius 3 is 2.57 bits per heavy atom. The fraction of sp³-hybridized carbons (Fsp3) is 0.286. The van der Waals surface area contributed by atoms with Gasteiger partial charge in [-0.1, -0.05) is 19.9 Å². The number of carboxylic acids is 1. The van der Waals surface area contributed by atoms with Crippen LogP contribution >= 0.6 is 0 Å². The van der Waals surface area contributed by atoms with E-state index in [-0.39, 0.29) is 17.3 Å². The van der Waals surface area contributed by atoms with Gasteiger partial charge in [-0.25, -0.2) is 9.48 Å². The van der Waals surface area contributed by atoms with Gasteiger partial charge in [0.25, 0.3) is 5.69 Å². The molecule has 1 heterocycles. The van der Waals surface area contributed by atoms with Gasteiger partial charge in [-0.15, -0.1) is 0 Å². The maximum absolute atomic E-state index is 11.1. The van der Waals surface area contributed by atoms with E-state index in [4.69, 9.17) is 5.11 Å². The molecule has 2 aromatic rings. The number of hydrogen-bond acceptors (Lipinski definition) is 4. The van der Waals surface area contributed by atoms with Crippen LogP contribution in [0.3, 0.4) is 0 Å². The maximum atomic E-state index is 11.1. The molecule has 1 aromatic heterocycles. The first kappa shape index (κ1) is 14.7. The van der Waals surface area contributed by atoms with Crippen LogP contribution in [0.1, 0.15) is 41.5 Å². The van der Waals surface area contributed by atoms with Crippen molar-refractivity contribution in [1.82, 2.24) is 9.78 Å². The Morgan fingerprint density at radius 2 is 2.05 bits per heavy atom. The minimum atomic E-state index is -1.13. The fourth-order valence-electron chi connectivity index (χ4n) is 2.04. The van der Waals surface area contributed by atoms with Gasteiger partial charge in [-0.3, -0.25) is 10.1 Å². The molecule has 0 saturated carbocycles. The number of carbonyl (C=O) groups is 1. The molecule has 1 aromatic carbocycles. The van der Waals surface area contributed by atoms with Gasteiger partial charge in [0.15, 0.2) is 5.69 Å². The summed E-state index contributed by atoms with van der Waals surface area (Å²) < 4.78 is 1.47. The van der Waals surface area contributed by atoms with Crippen molar-refractivity contribution >= 4 is 11.7 Å². The van der Waals surface area contributed by atoms with Gasteiger partial charge in [0.05, 0.1) is 10.6 Å². The van der Waals surface area contributed by atoms with Crippen LogP contribution in [0.4, 0.5) is 5.69 Å². The molecule has 0 fully saturated rings. The van der Waals surface area contributed by atoms with E-state index < -0.39 is 10.9 Å². The average Bonchev–Trinajstić information content (AvgIpc) is 2.84. The molecule has 0 spiro atoms. The van der Waals surface area contributed by atoms with Gasteiger partial charge in [0, 0.05) is 17.8 Å². The number of nitro groups is 1. The number of carboxylic acid groups (broad SMARTS) is 1. The van der Waals surface area contributed by atoms with Crippen molar-refractivity contribution in [3.05, 3.63) is 51.3 Å². The fourth-order valence-corrected chi connectivity index (χ4v) is 2.04. The first-order valence-electron chi connectivity index (χ1n) is 6.40. The monoisotopic (exact) mass is 289 g/mol. The lowest BCUT2D eigenvalue weighted by Gasteiger charge is -2.12. The molecule has 0 aliphatic heterocycles. The molecule has 7 heteroatoms. The van der Waals surface area contributed by atoms with Crippen molar-refractivity contribution in [2.75, 3.05) is 0 Å². The van der Waals surface area contributed by atoms with Gasteiger partial charge < -0.3 is 5.11 Å². The normalized spacial score (nSPS) is 10.9. The lowest BCUT2D eigenvalue weighted by molar-refractivity contribution is -0.384. The molecular weight excluding hydrogens is 274 g/mol. The van der Waals surface area contributed by atoms with Gasteiger partial charge >= 0.3 is 5.97 Å². The summed E-state index contributed by atoms with van der Waals surface area (Å²) >= 11 is 0. The number of aromatic nitrogens is 2. The summed E-state index contributed by atoms with van der Waals surface area (Å²) in [6, 6.07) is 5.93. The predicted octanol–water partition coefficient (Wildman–Crippen LogP) is 2.91. The lowest BCUT2D eigenvalue weighted by atomic mass is 10.1. The highest BCUT2D eigenvalue weighted by Gasteiger charge is 2.19. The molecule has 21 heavy (non-hydrogen) atoms. The quantitative estimate of drug-likeness (QED) is 0.689. The summed E-state index contributed by atoms with van der Waals surface area (Å²) in [6.45, 7) is 5.61. The molecule has 1 N–H and O–H groups in total. The van der Waals surface area contributed by atoms with E-state index in [0.717, 1.165) is 5.56 Å². The zero-order valence-electron chi connectivity index (χ0n) is 11.9. The predicted molar refractivity (Wildman–Crippen MR) is 76.0 cm³/mol. The molecule has 7 nitrogen and oxygen atoms in total. The largest absolute Gasteiger partial charge is 0.476 e. The van der Waals surface area contributed by atoms with E-state index in [1.54, 1.807) is 13.0 Å². The minimum absolute atomic E-state index is 0.0317. The summed E-state index contributed by atoms with van der Waals surface area (Å²) in [5.74, 6) is -1.09. The van der Waals surface area contributed by atoms with Gasteiger partial charge in [-0.05, 0) is 24.5 Å². The van der Waals surface area contributed by atoms with Crippen LogP contribution in [0.2, 0.25) is 0 Å². The molecular formula is C14H15N3O4. The molecule has 110 valence electrons.